The lowest BCUT2D eigenvalue weighted by Gasteiger charge is -2.29. The number of hydrogen-bond acceptors (Lipinski definition) is 10. The fourth-order valence-electron chi connectivity index (χ4n) is 7.28. The number of carbonyl (C=O) groups is 5. The van der Waals surface area contributed by atoms with Gasteiger partial charge in [0.15, 0.2) is 0 Å². The molecular formula is C44H55N9O8. The van der Waals surface area contributed by atoms with Crippen molar-refractivity contribution in [2.45, 2.75) is 78.2 Å². The predicted molar refractivity (Wildman–Crippen MR) is 226 cm³/mol. The number of aromatic nitrogens is 4. The first kappa shape index (κ1) is 43.9. The van der Waals surface area contributed by atoms with E-state index < -0.39 is 48.0 Å². The Balaban J connectivity index is 1.15. The number of alkyl carbamates (subject to hydrolysis) is 2. The van der Waals surface area contributed by atoms with E-state index >= 15 is 0 Å². The smallest absolute Gasteiger partial charge is 0.411 e. The van der Waals surface area contributed by atoms with Crippen LogP contribution < -0.4 is 10.6 Å². The number of ether oxygens (including phenoxy) is 3. The number of imidazole rings is 2. The molecule has 0 spiro atoms. The van der Waals surface area contributed by atoms with E-state index in [0.29, 0.717) is 18.2 Å². The van der Waals surface area contributed by atoms with Crippen LogP contribution in [-0.4, -0.2) is 116 Å². The maximum atomic E-state index is 14.0. The number of nitrogens with one attached hydrogen (secondary N) is 4. The van der Waals surface area contributed by atoms with Crippen LogP contribution in [0.1, 0.15) is 72.2 Å². The first-order valence-corrected chi connectivity index (χ1v) is 20.2. The lowest BCUT2D eigenvalue weighted by atomic mass is 10.0. The van der Waals surface area contributed by atoms with Crippen LogP contribution in [0.25, 0.3) is 33.6 Å². The van der Waals surface area contributed by atoms with Crippen LogP contribution in [0.4, 0.5) is 14.4 Å². The molecule has 0 radical (unpaired) electrons. The molecule has 0 aliphatic carbocycles. The summed E-state index contributed by atoms with van der Waals surface area (Å²) in [5.41, 5.74) is 4.55. The van der Waals surface area contributed by atoms with Crippen molar-refractivity contribution >= 4 is 30.1 Å². The van der Waals surface area contributed by atoms with Gasteiger partial charge in [-0.05, 0) is 54.9 Å². The number of rotatable bonds is 11. The Morgan fingerprint density at radius 1 is 0.705 bits per heavy atom. The van der Waals surface area contributed by atoms with Gasteiger partial charge in [0, 0.05) is 6.54 Å². The molecule has 4 N–H and O–H groups in total. The Morgan fingerprint density at radius 2 is 1.16 bits per heavy atom. The topological polar surface area (TPSA) is 204 Å². The van der Waals surface area contributed by atoms with Gasteiger partial charge in [0.2, 0.25) is 11.8 Å². The van der Waals surface area contributed by atoms with Crippen molar-refractivity contribution in [2.24, 2.45) is 11.8 Å². The largest absolute Gasteiger partial charge is 0.453 e. The van der Waals surface area contributed by atoms with E-state index in [2.05, 4.69) is 30.6 Å². The summed E-state index contributed by atoms with van der Waals surface area (Å²) in [6.07, 6.45) is 5.33. The standard InChI is InChI=1S/C44H55N9O8/c1-25(2)35(49-41(56)59-8)39(54)52-20-10-11-33(52)37-45-21-31(47-37)29-16-12-27(13-17-29)28-14-18-30(19-15-28)32-22-46-38(48-32)34-23-51(43(58)61-44(5,6)7)24-53(34)40(55)36(26(3)4)50-42(57)60-9/h10-19,21-22,25-26,33-36H,20,23-24H2,1-9H3,(H,45,47)(H,46,48)(H,49,56)(H,50,57)/t33?,34?,35-,36-/m0/s1. The molecule has 17 heteroatoms. The molecule has 6 rings (SSSR count). The SMILES string of the molecule is COC(=O)N[C@H](C(=O)N1CC=CC1c1ncc(-c2ccc(-c3ccc(-c4cnc(C5CN(C(=O)OC(C)(C)C)CN5C(=O)[C@@H](NC(=O)OC)C(C)C)[nH]4)cc3)cc2)[nH]1)C(C)C. The molecular weight excluding hydrogens is 783 g/mol. The third kappa shape index (κ3) is 10.0. The molecule has 17 nitrogen and oxygen atoms in total. The summed E-state index contributed by atoms with van der Waals surface area (Å²) < 4.78 is 15.1. The average molecular weight is 838 g/mol. The van der Waals surface area contributed by atoms with Crippen LogP contribution in [0.2, 0.25) is 0 Å². The number of hydrogen-bond donors (Lipinski definition) is 4. The average Bonchev–Trinajstić information content (AvgIpc) is 4.07. The monoisotopic (exact) mass is 837 g/mol. The number of methoxy groups -OCH3 is 2. The van der Waals surface area contributed by atoms with E-state index in [1.807, 2.05) is 88.4 Å². The van der Waals surface area contributed by atoms with E-state index in [4.69, 9.17) is 14.2 Å². The molecule has 2 aromatic heterocycles. The van der Waals surface area contributed by atoms with Crippen LogP contribution in [0.5, 0.6) is 0 Å². The molecule has 4 aromatic rings. The summed E-state index contributed by atoms with van der Waals surface area (Å²) in [4.78, 5) is 85.5. The highest BCUT2D eigenvalue weighted by Crippen LogP contribution is 2.33. The molecule has 324 valence electrons. The van der Waals surface area contributed by atoms with Crippen molar-refractivity contribution in [3.8, 4) is 33.6 Å². The van der Waals surface area contributed by atoms with Crippen molar-refractivity contribution < 1.29 is 38.2 Å². The molecule has 61 heavy (non-hydrogen) atoms. The molecule has 2 aromatic carbocycles. The summed E-state index contributed by atoms with van der Waals surface area (Å²) in [6, 6.07) is 13.3. The Hall–Kier alpha value is -6.65. The van der Waals surface area contributed by atoms with Gasteiger partial charge < -0.3 is 44.6 Å². The van der Waals surface area contributed by atoms with Crippen molar-refractivity contribution in [2.75, 3.05) is 34.0 Å². The van der Waals surface area contributed by atoms with E-state index in [1.54, 1.807) is 38.1 Å². The molecule has 0 bridgehead atoms. The molecule has 2 aliphatic heterocycles. The first-order chi connectivity index (χ1) is 29.0. The van der Waals surface area contributed by atoms with Crippen LogP contribution in [0.15, 0.2) is 73.1 Å². The summed E-state index contributed by atoms with van der Waals surface area (Å²) in [5.74, 6) is 0.0750. The second kappa shape index (κ2) is 18.3. The molecule has 5 amide bonds. The van der Waals surface area contributed by atoms with Gasteiger partial charge in [-0.3, -0.25) is 14.5 Å². The Morgan fingerprint density at radius 3 is 1.64 bits per heavy atom. The van der Waals surface area contributed by atoms with E-state index in [-0.39, 0.29) is 36.9 Å². The Bertz CT molecular complexity index is 2240. The molecule has 2 aliphatic rings. The number of benzene rings is 2. The molecule has 0 saturated carbocycles. The second-order valence-electron chi connectivity index (χ2n) is 16.8. The minimum Gasteiger partial charge on any atom is -0.453 e. The predicted octanol–water partition coefficient (Wildman–Crippen LogP) is 6.41. The fraction of sp³-hybridized carbons (Fsp3) is 0.432. The Labute approximate surface area is 355 Å². The summed E-state index contributed by atoms with van der Waals surface area (Å²) in [5, 5.41) is 5.30. The van der Waals surface area contributed by atoms with Gasteiger partial charge in [0.1, 0.15) is 41.4 Å². The minimum atomic E-state index is -0.902. The zero-order valence-electron chi connectivity index (χ0n) is 36.0. The summed E-state index contributed by atoms with van der Waals surface area (Å²) >= 11 is 0. The minimum absolute atomic E-state index is 0.0521. The van der Waals surface area contributed by atoms with Crippen molar-refractivity contribution in [1.29, 1.82) is 0 Å². The molecule has 1 saturated heterocycles. The quantitative estimate of drug-likeness (QED) is 0.0965. The van der Waals surface area contributed by atoms with Crippen LogP contribution in [0, 0.1) is 11.8 Å². The normalized spacial score (nSPS) is 17.4. The van der Waals surface area contributed by atoms with Gasteiger partial charge in [-0.2, -0.15) is 0 Å². The van der Waals surface area contributed by atoms with E-state index in [9.17, 15) is 24.0 Å². The maximum Gasteiger partial charge on any atom is 0.411 e. The highest BCUT2D eigenvalue weighted by molar-refractivity contribution is 5.88. The summed E-state index contributed by atoms with van der Waals surface area (Å²) in [7, 11) is 2.50. The van der Waals surface area contributed by atoms with Gasteiger partial charge in [-0.25, -0.2) is 24.4 Å². The van der Waals surface area contributed by atoms with Gasteiger partial charge in [-0.15, -0.1) is 0 Å². The van der Waals surface area contributed by atoms with Crippen LogP contribution in [-0.2, 0) is 23.8 Å². The maximum absolute atomic E-state index is 14.0. The van der Waals surface area contributed by atoms with E-state index in [1.165, 1.54) is 24.0 Å². The van der Waals surface area contributed by atoms with Gasteiger partial charge in [0.05, 0.1) is 51.2 Å². The fourth-order valence-corrected chi connectivity index (χ4v) is 7.28. The van der Waals surface area contributed by atoms with Crippen LogP contribution >= 0.6 is 0 Å². The number of amides is 5. The van der Waals surface area contributed by atoms with Gasteiger partial charge in [-0.1, -0.05) is 88.4 Å². The van der Waals surface area contributed by atoms with Crippen molar-refractivity contribution in [1.82, 2.24) is 45.3 Å². The third-order valence-electron chi connectivity index (χ3n) is 10.6. The Kier molecular flexibility index (Phi) is 13.2. The zero-order valence-corrected chi connectivity index (χ0v) is 36.0. The molecule has 1 fully saturated rings. The zero-order chi connectivity index (χ0) is 44.2. The highest BCUT2D eigenvalue weighted by atomic mass is 16.6. The highest BCUT2D eigenvalue weighted by Gasteiger charge is 2.43. The van der Waals surface area contributed by atoms with Crippen LogP contribution in [0.3, 0.4) is 0 Å². The number of nitrogens with zero attached hydrogens (tertiary/aromatic N) is 5. The lowest BCUT2D eigenvalue weighted by molar-refractivity contribution is -0.136. The lowest BCUT2D eigenvalue weighted by Crippen LogP contribution is -2.51. The van der Waals surface area contributed by atoms with Crippen molar-refractivity contribution in [3.63, 3.8) is 0 Å². The van der Waals surface area contributed by atoms with Gasteiger partial charge >= 0.3 is 18.3 Å². The number of aromatic amines is 2. The number of H-pyrrole nitrogens is 2. The molecule has 4 atom stereocenters. The third-order valence-corrected chi connectivity index (χ3v) is 10.6. The van der Waals surface area contributed by atoms with Gasteiger partial charge in [0.25, 0.3) is 0 Å². The van der Waals surface area contributed by atoms with E-state index in [0.717, 1.165) is 33.6 Å². The number of carbonyl (C=O) groups excluding carboxylic acids is 5. The summed E-state index contributed by atoms with van der Waals surface area (Å²) in [6.45, 7) is 13.2. The first-order valence-electron chi connectivity index (χ1n) is 20.2. The molecule has 2 unspecified atom stereocenters. The second-order valence-corrected chi connectivity index (χ2v) is 16.8. The molecule has 4 heterocycles. The van der Waals surface area contributed by atoms with Crippen molar-refractivity contribution in [3.05, 3.63) is 84.7 Å².